The third kappa shape index (κ3) is 3.02. The van der Waals surface area contributed by atoms with Gasteiger partial charge in [0, 0.05) is 25.1 Å². The molecule has 1 aliphatic carbocycles. The number of aliphatic carboxylic acids is 1. The zero-order valence-electron chi connectivity index (χ0n) is 14.4. The lowest BCUT2D eigenvalue weighted by Gasteiger charge is -2.32. The summed E-state index contributed by atoms with van der Waals surface area (Å²) in [5.74, 6) is 0.0930. The molecule has 0 fully saturated rings. The predicted octanol–water partition coefficient (Wildman–Crippen LogP) is 2.31. The van der Waals surface area contributed by atoms with Crippen molar-refractivity contribution in [1.82, 2.24) is 14.9 Å². The average molecular weight is 341 g/mol. The molecule has 0 saturated heterocycles. The molecule has 6 heteroatoms. The first-order valence-corrected chi connectivity index (χ1v) is 8.91. The van der Waals surface area contributed by atoms with Gasteiger partial charge in [0.25, 0.3) is 0 Å². The number of aromatic nitrogens is 2. The molecule has 1 aromatic heterocycles. The zero-order chi connectivity index (χ0) is 17.4. The van der Waals surface area contributed by atoms with E-state index in [0.717, 1.165) is 35.5 Å². The zero-order valence-corrected chi connectivity index (χ0v) is 14.4. The lowest BCUT2D eigenvalue weighted by Crippen LogP contribution is -2.45. The topological polar surface area (TPSA) is 78.5 Å². The van der Waals surface area contributed by atoms with Gasteiger partial charge in [-0.25, -0.2) is 4.98 Å². The second-order valence-corrected chi connectivity index (χ2v) is 6.81. The molecule has 2 N–H and O–H groups in total. The van der Waals surface area contributed by atoms with Crippen LogP contribution in [0.3, 0.4) is 0 Å². The average Bonchev–Trinajstić information content (AvgIpc) is 3.22. The highest BCUT2D eigenvalue weighted by Crippen LogP contribution is 2.32. The van der Waals surface area contributed by atoms with Gasteiger partial charge in [0.15, 0.2) is 0 Å². The molecule has 0 spiro atoms. The van der Waals surface area contributed by atoms with Gasteiger partial charge in [-0.15, -0.1) is 0 Å². The van der Waals surface area contributed by atoms with Gasteiger partial charge in [0.2, 0.25) is 0 Å². The van der Waals surface area contributed by atoms with Gasteiger partial charge in [-0.1, -0.05) is 6.07 Å². The Labute approximate surface area is 146 Å². The van der Waals surface area contributed by atoms with E-state index in [1.54, 1.807) is 6.33 Å². The number of fused-ring (bicyclic) bond motifs is 2. The van der Waals surface area contributed by atoms with Crippen LogP contribution in [0, 0.1) is 0 Å². The maximum absolute atomic E-state index is 11.8. The Hall–Kier alpha value is -2.34. The summed E-state index contributed by atoms with van der Waals surface area (Å²) in [7, 11) is 0. The highest BCUT2D eigenvalue weighted by molar-refractivity contribution is 5.74. The smallest absolute Gasteiger partial charge is 0.321 e. The van der Waals surface area contributed by atoms with E-state index in [1.165, 1.54) is 17.5 Å². The number of carboxylic acid groups (broad SMARTS) is 1. The first kappa shape index (κ1) is 16.1. The molecule has 0 radical (unpaired) electrons. The van der Waals surface area contributed by atoms with E-state index in [9.17, 15) is 9.90 Å². The monoisotopic (exact) mass is 341 g/mol. The predicted molar refractivity (Wildman–Crippen MR) is 92.6 cm³/mol. The molecule has 4 rings (SSSR count). The molecule has 0 bridgehead atoms. The summed E-state index contributed by atoms with van der Waals surface area (Å²) < 4.78 is 5.86. The second kappa shape index (κ2) is 6.52. The fourth-order valence-electron chi connectivity index (χ4n) is 3.98. The lowest BCUT2D eigenvalue weighted by atomic mass is 10.00. The van der Waals surface area contributed by atoms with Crippen molar-refractivity contribution in [3.8, 4) is 5.75 Å². The van der Waals surface area contributed by atoms with Gasteiger partial charge in [-0.3, -0.25) is 9.69 Å². The van der Waals surface area contributed by atoms with E-state index in [2.05, 4.69) is 22.1 Å². The molecule has 1 atom stereocenters. The van der Waals surface area contributed by atoms with Gasteiger partial charge in [-0.2, -0.15) is 0 Å². The number of aromatic amines is 1. The Morgan fingerprint density at radius 1 is 1.40 bits per heavy atom. The molecule has 1 aromatic carbocycles. The van der Waals surface area contributed by atoms with Crippen molar-refractivity contribution in [2.45, 2.75) is 51.7 Å². The Kier molecular flexibility index (Phi) is 4.21. The first-order valence-electron chi connectivity index (χ1n) is 8.91. The number of rotatable bonds is 5. The summed E-state index contributed by atoms with van der Waals surface area (Å²) in [5.41, 5.74) is 5.71. The standard InChI is InChI=1S/C19H23N3O3/c1-2-25-18-7-13-5-3-4-12(13)6-14(18)9-22-10-16-15(20-11-21-16)8-17(22)19(23)24/h6-7,11,17H,2-5,8-10H2,1H3,(H,20,21)(H,23,24)/t17-/m1/s1. The molecule has 2 aromatic rings. The molecule has 6 nitrogen and oxygen atoms in total. The van der Waals surface area contributed by atoms with E-state index in [1.807, 2.05) is 11.8 Å². The van der Waals surface area contributed by atoms with Crippen molar-refractivity contribution in [1.29, 1.82) is 0 Å². The van der Waals surface area contributed by atoms with Crippen molar-refractivity contribution < 1.29 is 14.6 Å². The number of carboxylic acids is 1. The van der Waals surface area contributed by atoms with E-state index >= 15 is 0 Å². The van der Waals surface area contributed by atoms with E-state index in [-0.39, 0.29) is 0 Å². The quantitative estimate of drug-likeness (QED) is 0.872. The normalized spacial score (nSPS) is 19.5. The molecule has 25 heavy (non-hydrogen) atoms. The molecule has 2 aliphatic rings. The fourth-order valence-corrected chi connectivity index (χ4v) is 3.98. The van der Waals surface area contributed by atoms with Gasteiger partial charge in [0.05, 0.1) is 24.3 Å². The van der Waals surface area contributed by atoms with E-state index < -0.39 is 12.0 Å². The van der Waals surface area contributed by atoms with Crippen LogP contribution in [0.2, 0.25) is 0 Å². The molecule has 0 saturated carbocycles. The van der Waals surface area contributed by atoms with Crippen molar-refractivity contribution >= 4 is 5.97 Å². The van der Waals surface area contributed by atoms with Crippen LogP contribution in [0.15, 0.2) is 18.5 Å². The molecule has 1 aliphatic heterocycles. The van der Waals surface area contributed by atoms with Gasteiger partial charge < -0.3 is 14.8 Å². The lowest BCUT2D eigenvalue weighted by molar-refractivity contribution is -0.144. The number of H-pyrrole nitrogens is 1. The number of aryl methyl sites for hydroxylation is 2. The molecular weight excluding hydrogens is 318 g/mol. The van der Waals surface area contributed by atoms with E-state index in [4.69, 9.17) is 4.74 Å². The Balaban J connectivity index is 1.65. The summed E-state index contributed by atoms with van der Waals surface area (Å²) >= 11 is 0. The number of hydrogen-bond donors (Lipinski definition) is 2. The number of nitrogens with zero attached hydrogens (tertiary/aromatic N) is 2. The molecule has 132 valence electrons. The number of ether oxygens (including phenoxy) is 1. The second-order valence-electron chi connectivity index (χ2n) is 6.81. The van der Waals surface area contributed by atoms with Crippen molar-refractivity contribution in [3.63, 3.8) is 0 Å². The summed E-state index contributed by atoms with van der Waals surface area (Å²) in [5, 5.41) is 9.67. The molecule has 2 heterocycles. The van der Waals surface area contributed by atoms with Gasteiger partial charge in [0.1, 0.15) is 11.8 Å². The number of imidazole rings is 1. The van der Waals surface area contributed by atoms with Crippen molar-refractivity contribution in [2.75, 3.05) is 6.61 Å². The third-order valence-corrected chi connectivity index (χ3v) is 5.23. The Morgan fingerprint density at radius 2 is 2.20 bits per heavy atom. The minimum atomic E-state index is -0.798. The summed E-state index contributed by atoms with van der Waals surface area (Å²) in [6.07, 6.45) is 5.47. The molecule has 0 unspecified atom stereocenters. The van der Waals surface area contributed by atoms with Crippen LogP contribution < -0.4 is 4.74 Å². The van der Waals surface area contributed by atoms with Gasteiger partial charge in [-0.05, 0) is 43.4 Å². The third-order valence-electron chi connectivity index (χ3n) is 5.23. The highest BCUT2D eigenvalue weighted by atomic mass is 16.5. The maximum atomic E-state index is 11.8. The van der Waals surface area contributed by atoms with Crippen LogP contribution in [0.1, 0.15) is 41.4 Å². The molecular formula is C19H23N3O3. The van der Waals surface area contributed by atoms with Crippen molar-refractivity contribution in [2.24, 2.45) is 0 Å². The van der Waals surface area contributed by atoms with Crippen LogP contribution in [0.5, 0.6) is 5.75 Å². The minimum Gasteiger partial charge on any atom is -0.494 e. The highest BCUT2D eigenvalue weighted by Gasteiger charge is 2.33. The molecule has 0 amide bonds. The van der Waals surface area contributed by atoms with Crippen LogP contribution in [-0.4, -0.2) is 38.6 Å². The van der Waals surface area contributed by atoms with Crippen molar-refractivity contribution in [3.05, 3.63) is 46.5 Å². The van der Waals surface area contributed by atoms with Crippen LogP contribution in [0.4, 0.5) is 0 Å². The minimum absolute atomic E-state index is 0.434. The van der Waals surface area contributed by atoms with Crippen LogP contribution >= 0.6 is 0 Å². The fraction of sp³-hybridized carbons (Fsp3) is 0.474. The van der Waals surface area contributed by atoms with Gasteiger partial charge >= 0.3 is 5.97 Å². The number of carbonyl (C=O) groups is 1. The number of hydrogen-bond acceptors (Lipinski definition) is 4. The van der Waals surface area contributed by atoms with E-state index in [0.29, 0.717) is 26.1 Å². The largest absolute Gasteiger partial charge is 0.494 e. The maximum Gasteiger partial charge on any atom is 0.321 e. The SMILES string of the molecule is CCOc1cc2c(cc1CN1Cc3[nH]cnc3C[C@@H]1C(=O)O)CCC2. The first-order chi connectivity index (χ1) is 12.2. The number of benzene rings is 1. The Morgan fingerprint density at radius 3 is 2.96 bits per heavy atom. The Bertz CT molecular complexity index is 799. The summed E-state index contributed by atoms with van der Waals surface area (Å²) in [6, 6.07) is 3.82. The van der Waals surface area contributed by atoms with Crippen LogP contribution in [-0.2, 0) is 37.1 Å². The van der Waals surface area contributed by atoms with Crippen LogP contribution in [0.25, 0.3) is 0 Å². The summed E-state index contributed by atoms with van der Waals surface area (Å²) in [4.78, 5) is 21.2. The summed E-state index contributed by atoms with van der Waals surface area (Å²) in [6.45, 7) is 3.72. The number of nitrogens with one attached hydrogen (secondary N) is 1.